The minimum atomic E-state index is -0.314. The topological polar surface area (TPSA) is 55.1 Å². The number of rotatable bonds is 5. The maximum absolute atomic E-state index is 11.1. The summed E-state index contributed by atoms with van der Waals surface area (Å²) in [7, 11) is 0. The number of amides is 1. The zero-order chi connectivity index (χ0) is 14.5. The van der Waals surface area contributed by atoms with Crippen LogP contribution in [0.3, 0.4) is 0 Å². The van der Waals surface area contributed by atoms with E-state index in [1.165, 1.54) is 16.7 Å². The molecule has 0 heterocycles. The van der Waals surface area contributed by atoms with Crippen molar-refractivity contribution in [3.8, 4) is 0 Å². The molecule has 0 saturated carbocycles. The molecule has 0 saturated heterocycles. The lowest BCUT2D eigenvalue weighted by Crippen LogP contribution is -2.15. The SMILES string of the molecule is Cc1ccc(C)c(CNc2ccccc2CC(N)=O)c1. The number of nitrogens with one attached hydrogen (secondary N) is 1. The van der Waals surface area contributed by atoms with Gasteiger partial charge in [0.15, 0.2) is 0 Å². The molecule has 0 aromatic heterocycles. The van der Waals surface area contributed by atoms with Gasteiger partial charge in [-0.3, -0.25) is 4.79 Å². The van der Waals surface area contributed by atoms with Crippen LogP contribution in [-0.4, -0.2) is 5.91 Å². The van der Waals surface area contributed by atoms with E-state index in [1.807, 2.05) is 24.3 Å². The normalized spacial score (nSPS) is 10.3. The Morgan fingerprint density at radius 2 is 1.85 bits per heavy atom. The third-order valence-electron chi connectivity index (χ3n) is 3.36. The van der Waals surface area contributed by atoms with Crippen molar-refractivity contribution in [2.45, 2.75) is 26.8 Å². The molecular weight excluding hydrogens is 248 g/mol. The van der Waals surface area contributed by atoms with E-state index in [2.05, 4.69) is 37.4 Å². The van der Waals surface area contributed by atoms with Crippen LogP contribution in [0.5, 0.6) is 0 Å². The van der Waals surface area contributed by atoms with E-state index in [0.717, 1.165) is 17.8 Å². The molecular formula is C17H20N2O. The molecule has 20 heavy (non-hydrogen) atoms. The lowest BCUT2D eigenvalue weighted by Gasteiger charge is -2.13. The quantitative estimate of drug-likeness (QED) is 0.876. The van der Waals surface area contributed by atoms with Gasteiger partial charge >= 0.3 is 0 Å². The number of primary amides is 1. The first-order chi connectivity index (χ1) is 9.56. The Bertz CT molecular complexity index is 620. The third-order valence-corrected chi connectivity index (χ3v) is 3.36. The van der Waals surface area contributed by atoms with Crippen molar-refractivity contribution < 1.29 is 4.79 Å². The molecule has 3 N–H and O–H groups in total. The van der Waals surface area contributed by atoms with E-state index in [0.29, 0.717) is 0 Å². The fourth-order valence-electron chi connectivity index (χ4n) is 2.22. The molecule has 0 spiro atoms. The van der Waals surface area contributed by atoms with E-state index in [9.17, 15) is 4.79 Å². The van der Waals surface area contributed by atoms with Crippen molar-refractivity contribution >= 4 is 11.6 Å². The summed E-state index contributed by atoms with van der Waals surface area (Å²) in [6, 6.07) is 14.2. The summed E-state index contributed by atoms with van der Waals surface area (Å²) in [4.78, 5) is 11.1. The molecule has 0 radical (unpaired) electrons. The Balaban J connectivity index is 2.14. The van der Waals surface area contributed by atoms with Gasteiger partial charge in [0.25, 0.3) is 0 Å². The molecule has 3 heteroatoms. The van der Waals surface area contributed by atoms with Crippen LogP contribution in [0.4, 0.5) is 5.69 Å². The molecule has 0 aliphatic heterocycles. The Morgan fingerprint density at radius 1 is 1.10 bits per heavy atom. The van der Waals surface area contributed by atoms with Gasteiger partial charge in [-0.15, -0.1) is 0 Å². The molecule has 0 bridgehead atoms. The summed E-state index contributed by atoms with van der Waals surface area (Å²) in [6.45, 7) is 4.93. The number of carbonyl (C=O) groups is 1. The van der Waals surface area contributed by atoms with Crippen LogP contribution in [0.25, 0.3) is 0 Å². The Kier molecular flexibility index (Phi) is 4.41. The maximum atomic E-state index is 11.1. The van der Waals surface area contributed by atoms with E-state index < -0.39 is 0 Å². The van der Waals surface area contributed by atoms with E-state index in [4.69, 9.17) is 5.73 Å². The number of anilines is 1. The monoisotopic (exact) mass is 268 g/mol. The fraction of sp³-hybridized carbons (Fsp3) is 0.235. The molecule has 0 atom stereocenters. The first-order valence-electron chi connectivity index (χ1n) is 6.72. The number of nitrogens with two attached hydrogens (primary N) is 1. The van der Waals surface area contributed by atoms with Gasteiger partial charge in [0.05, 0.1) is 6.42 Å². The van der Waals surface area contributed by atoms with Crippen molar-refractivity contribution in [2.75, 3.05) is 5.32 Å². The van der Waals surface area contributed by atoms with Crippen molar-refractivity contribution in [3.05, 3.63) is 64.7 Å². The van der Waals surface area contributed by atoms with Crippen LogP contribution in [0.2, 0.25) is 0 Å². The van der Waals surface area contributed by atoms with Crippen molar-refractivity contribution in [3.63, 3.8) is 0 Å². The molecule has 104 valence electrons. The van der Waals surface area contributed by atoms with E-state index in [-0.39, 0.29) is 12.3 Å². The number of carbonyl (C=O) groups excluding carboxylic acids is 1. The van der Waals surface area contributed by atoms with Crippen LogP contribution in [0, 0.1) is 13.8 Å². The third kappa shape index (κ3) is 3.60. The first kappa shape index (κ1) is 14.1. The molecule has 2 aromatic rings. The highest BCUT2D eigenvalue weighted by atomic mass is 16.1. The Labute approximate surface area is 119 Å². The minimum Gasteiger partial charge on any atom is -0.381 e. The van der Waals surface area contributed by atoms with Crippen LogP contribution in [0.1, 0.15) is 22.3 Å². The van der Waals surface area contributed by atoms with Gasteiger partial charge in [-0.05, 0) is 36.6 Å². The van der Waals surface area contributed by atoms with Gasteiger partial charge in [0.1, 0.15) is 0 Å². The van der Waals surface area contributed by atoms with Gasteiger partial charge in [0.2, 0.25) is 5.91 Å². The van der Waals surface area contributed by atoms with Crippen molar-refractivity contribution in [2.24, 2.45) is 5.73 Å². The summed E-state index contributed by atoms with van der Waals surface area (Å²) in [5.74, 6) is -0.314. The van der Waals surface area contributed by atoms with Crippen molar-refractivity contribution in [1.82, 2.24) is 0 Å². The van der Waals surface area contributed by atoms with Crippen LogP contribution < -0.4 is 11.1 Å². The lowest BCUT2D eigenvalue weighted by atomic mass is 10.0. The number of hydrogen-bond donors (Lipinski definition) is 2. The van der Waals surface area contributed by atoms with Crippen LogP contribution in [0.15, 0.2) is 42.5 Å². The van der Waals surface area contributed by atoms with E-state index in [1.54, 1.807) is 0 Å². The van der Waals surface area contributed by atoms with Gasteiger partial charge in [0, 0.05) is 12.2 Å². The highest BCUT2D eigenvalue weighted by Gasteiger charge is 2.05. The predicted molar refractivity (Wildman–Crippen MR) is 82.6 cm³/mol. The zero-order valence-electron chi connectivity index (χ0n) is 11.9. The fourth-order valence-corrected chi connectivity index (χ4v) is 2.22. The Hall–Kier alpha value is -2.29. The molecule has 2 rings (SSSR count). The average Bonchev–Trinajstić information content (AvgIpc) is 2.41. The van der Waals surface area contributed by atoms with Gasteiger partial charge in [-0.25, -0.2) is 0 Å². The second kappa shape index (κ2) is 6.24. The summed E-state index contributed by atoms with van der Waals surface area (Å²) in [5.41, 5.74) is 10.9. The first-order valence-corrected chi connectivity index (χ1v) is 6.72. The maximum Gasteiger partial charge on any atom is 0.221 e. The molecule has 0 unspecified atom stereocenters. The van der Waals surface area contributed by atoms with Crippen LogP contribution >= 0.6 is 0 Å². The summed E-state index contributed by atoms with van der Waals surface area (Å²) < 4.78 is 0. The molecule has 0 aliphatic carbocycles. The van der Waals surface area contributed by atoms with Crippen molar-refractivity contribution in [1.29, 1.82) is 0 Å². The standard InChI is InChI=1S/C17H20N2O/c1-12-7-8-13(2)15(9-12)11-19-16-6-4-3-5-14(16)10-17(18)20/h3-9,19H,10-11H2,1-2H3,(H2,18,20). The smallest absolute Gasteiger partial charge is 0.221 e. The van der Waals surface area contributed by atoms with Gasteiger partial charge in [-0.1, -0.05) is 42.0 Å². The zero-order valence-corrected chi connectivity index (χ0v) is 11.9. The molecule has 3 nitrogen and oxygen atoms in total. The van der Waals surface area contributed by atoms with E-state index >= 15 is 0 Å². The summed E-state index contributed by atoms with van der Waals surface area (Å²) >= 11 is 0. The van der Waals surface area contributed by atoms with Crippen LogP contribution in [-0.2, 0) is 17.8 Å². The second-order valence-corrected chi connectivity index (χ2v) is 5.08. The number of benzene rings is 2. The summed E-state index contributed by atoms with van der Waals surface area (Å²) in [6.07, 6.45) is 0.260. The summed E-state index contributed by atoms with van der Waals surface area (Å²) in [5, 5.41) is 3.40. The lowest BCUT2D eigenvalue weighted by molar-refractivity contribution is -0.117. The minimum absolute atomic E-state index is 0.260. The molecule has 0 fully saturated rings. The molecule has 0 aliphatic rings. The molecule has 1 amide bonds. The molecule has 2 aromatic carbocycles. The van der Waals surface area contributed by atoms with Gasteiger partial charge in [-0.2, -0.15) is 0 Å². The number of hydrogen-bond acceptors (Lipinski definition) is 2. The van der Waals surface area contributed by atoms with Gasteiger partial charge < -0.3 is 11.1 Å². The second-order valence-electron chi connectivity index (χ2n) is 5.08. The largest absolute Gasteiger partial charge is 0.381 e. The Morgan fingerprint density at radius 3 is 2.60 bits per heavy atom. The average molecular weight is 268 g/mol. The number of aryl methyl sites for hydroxylation is 2. The predicted octanol–water partition coefficient (Wildman–Crippen LogP) is 2.94. The highest BCUT2D eigenvalue weighted by molar-refractivity contribution is 5.78. The number of para-hydroxylation sites is 1. The highest BCUT2D eigenvalue weighted by Crippen LogP contribution is 2.18.